The third-order valence-electron chi connectivity index (χ3n) is 1.03. The fourth-order valence-electron chi connectivity index (χ4n) is 0.826. The molecule has 0 fully saturated rings. The molecule has 0 aliphatic rings. The summed E-state index contributed by atoms with van der Waals surface area (Å²) in [5.74, 6) is -0.583. The van der Waals surface area contributed by atoms with Crippen LogP contribution in [-0.2, 0) is 19.7 Å². The summed E-state index contributed by atoms with van der Waals surface area (Å²) in [5, 5.41) is 0. The van der Waals surface area contributed by atoms with Crippen LogP contribution in [0.2, 0.25) is 0 Å². The van der Waals surface area contributed by atoms with Gasteiger partial charge in [-0.1, -0.05) is 0 Å². The molecular weight excluding hydrogens is 202 g/mol. The molecule has 5 nitrogen and oxygen atoms in total. The Hall–Kier alpha value is -0.140. The molecule has 2 N–H and O–H groups in total. The van der Waals surface area contributed by atoms with Gasteiger partial charge in [-0.2, -0.15) is 0 Å². The van der Waals surface area contributed by atoms with Crippen molar-refractivity contribution in [1.29, 1.82) is 0 Å². The summed E-state index contributed by atoms with van der Waals surface area (Å²) in [6.07, 6.45) is 2.05. The number of hydrogen-bond acceptors (Lipinski definition) is 5. The molecule has 0 heterocycles. The van der Waals surface area contributed by atoms with Crippen LogP contribution >= 0.6 is 0 Å². The van der Waals surface area contributed by atoms with Gasteiger partial charge >= 0.3 is 0 Å². The van der Waals surface area contributed by atoms with Gasteiger partial charge in [0.05, 0.1) is 11.5 Å². The minimum Gasteiger partial charge on any atom is -0.326 e. The molecule has 0 aliphatic carbocycles. The first-order valence-electron chi connectivity index (χ1n) is 3.21. The first kappa shape index (κ1) is 11.9. The molecular formula is C5H13NO4S2. The molecule has 0 unspecified atom stereocenters. The van der Waals surface area contributed by atoms with Crippen molar-refractivity contribution in [1.82, 2.24) is 0 Å². The topological polar surface area (TPSA) is 94.3 Å². The van der Waals surface area contributed by atoms with Crippen LogP contribution in [0.3, 0.4) is 0 Å². The maximum atomic E-state index is 10.7. The van der Waals surface area contributed by atoms with Crippen molar-refractivity contribution < 1.29 is 16.8 Å². The van der Waals surface area contributed by atoms with Crippen LogP contribution in [0, 0.1) is 0 Å². The van der Waals surface area contributed by atoms with E-state index in [0.29, 0.717) is 0 Å². The van der Waals surface area contributed by atoms with E-state index >= 15 is 0 Å². The van der Waals surface area contributed by atoms with Crippen LogP contribution < -0.4 is 5.73 Å². The van der Waals surface area contributed by atoms with E-state index in [2.05, 4.69) is 0 Å². The molecule has 12 heavy (non-hydrogen) atoms. The van der Waals surface area contributed by atoms with Crippen molar-refractivity contribution in [3.63, 3.8) is 0 Å². The molecule has 0 spiro atoms. The zero-order valence-electron chi connectivity index (χ0n) is 7.02. The molecule has 0 saturated carbocycles. The third kappa shape index (κ3) is 7.96. The third-order valence-corrected chi connectivity index (χ3v) is 3.10. The van der Waals surface area contributed by atoms with Crippen molar-refractivity contribution in [3.05, 3.63) is 0 Å². The van der Waals surface area contributed by atoms with Gasteiger partial charge in [0.1, 0.15) is 19.7 Å². The van der Waals surface area contributed by atoms with Gasteiger partial charge in [-0.25, -0.2) is 16.8 Å². The van der Waals surface area contributed by atoms with E-state index in [1.165, 1.54) is 0 Å². The van der Waals surface area contributed by atoms with Crippen LogP contribution in [0.1, 0.15) is 0 Å². The molecule has 0 aromatic rings. The van der Waals surface area contributed by atoms with Gasteiger partial charge in [0.25, 0.3) is 0 Å². The molecule has 0 bridgehead atoms. The second-order valence-corrected chi connectivity index (χ2v) is 7.31. The summed E-state index contributed by atoms with van der Waals surface area (Å²) in [6.45, 7) is 0. The van der Waals surface area contributed by atoms with Crippen molar-refractivity contribution in [2.45, 2.75) is 6.04 Å². The van der Waals surface area contributed by atoms with Gasteiger partial charge < -0.3 is 5.73 Å². The molecule has 0 amide bonds. The maximum absolute atomic E-state index is 10.7. The highest BCUT2D eigenvalue weighted by atomic mass is 32.2. The van der Waals surface area contributed by atoms with Gasteiger partial charge in [-0.3, -0.25) is 0 Å². The number of nitrogens with two attached hydrogens (primary N) is 1. The molecule has 0 aromatic heterocycles. The molecule has 0 atom stereocenters. The molecule has 0 aliphatic heterocycles. The van der Waals surface area contributed by atoms with Crippen LogP contribution in [0.4, 0.5) is 0 Å². The van der Waals surface area contributed by atoms with E-state index in [9.17, 15) is 16.8 Å². The smallest absolute Gasteiger partial charge is 0.149 e. The summed E-state index contributed by atoms with van der Waals surface area (Å²) in [4.78, 5) is 0. The molecule has 0 rings (SSSR count). The minimum absolute atomic E-state index is 0.292. The monoisotopic (exact) mass is 215 g/mol. The second kappa shape index (κ2) is 3.71. The Bertz CT molecular complexity index is 294. The largest absolute Gasteiger partial charge is 0.326 e. The standard InChI is InChI=1S/C5H13NO4S2/c1-11(7,8)3-5(6)4-12(2,9)10/h5H,3-4,6H2,1-2H3. The first-order chi connectivity index (χ1) is 5.10. The van der Waals surface area contributed by atoms with Crippen LogP contribution in [0.25, 0.3) is 0 Å². The average Bonchev–Trinajstić information content (AvgIpc) is 1.49. The van der Waals surface area contributed by atoms with Gasteiger partial charge in [0.2, 0.25) is 0 Å². The molecule has 0 aromatic carbocycles. The fourth-order valence-corrected chi connectivity index (χ4v) is 2.77. The first-order valence-corrected chi connectivity index (χ1v) is 7.33. The van der Waals surface area contributed by atoms with Gasteiger partial charge in [-0.05, 0) is 0 Å². The second-order valence-electron chi connectivity index (χ2n) is 2.94. The van der Waals surface area contributed by atoms with Gasteiger partial charge in [0, 0.05) is 18.6 Å². The Morgan fingerprint density at radius 3 is 1.42 bits per heavy atom. The number of sulfone groups is 2. The van der Waals surface area contributed by atoms with Gasteiger partial charge in [-0.15, -0.1) is 0 Å². The molecule has 7 heteroatoms. The Labute approximate surface area is 72.8 Å². The molecule has 74 valence electrons. The van der Waals surface area contributed by atoms with Crippen molar-refractivity contribution in [2.75, 3.05) is 24.0 Å². The lowest BCUT2D eigenvalue weighted by Crippen LogP contribution is -2.35. The van der Waals surface area contributed by atoms with E-state index < -0.39 is 25.7 Å². The van der Waals surface area contributed by atoms with E-state index in [4.69, 9.17) is 5.73 Å². The maximum Gasteiger partial charge on any atom is 0.149 e. The van der Waals surface area contributed by atoms with Crippen molar-refractivity contribution in [2.24, 2.45) is 5.73 Å². The van der Waals surface area contributed by atoms with Crippen molar-refractivity contribution in [3.8, 4) is 0 Å². The zero-order chi connectivity index (χ0) is 9.99. The Kier molecular flexibility index (Phi) is 3.67. The average molecular weight is 215 g/mol. The highest BCUT2D eigenvalue weighted by molar-refractivity contribution is 7.91. The lowest BCUT2D eigenvalue weighted by Gasteiger charge is -2.07. The lowest BCUT2D eigenvalue weighted by molar-refractivity contribution is 0.588. The van der Waals surface area contributed by atoms with Crippen LogP contribution in [0.5, 0.6) is 0 Å². The SMILES string of the molecule is CS(=O)(=O)CC(N)CS(C)(=O)=O. The van der Waals surface area contributed by atoms with E-state index in [-0.39, 0.29) is 11.5 Å². The highest BCUT2D eigenvalue weighted by Crippen LogP contribution is 1.92. The summed E-state index contributed by atoms with van der Waals surface area (Å²) >= 11 is 0. The number of rotatable bonds is 4. The highest BCUT2D eigenvalue weighted by Gasteiger charge is 2.15. The Morgan fingerprint density at radius 1 is 1.00 bits per heavy atom. The summed E-state index contributed by atoms with van der Waals surface area (Å²) in [5.41, 5.74) is 5.29. The Morgan fingerprint density at radius 2 is 1.25 bits per heavy atom. The number of hydrogen-bond donors (Lipinski definition) is 1. The lowest BCUT2D eigenvalue weighted by atomic mass is 10.4. The van der Waals surface area contributed by atoms with Crippen LogP contribution in [0.15, 0.2) is 0 Å². The summed E-state index contributed by atoms with van der Waals surface area (Å²) < 4.78 is 42.6. The zero-order valence-corrected chi connectivity index (χ0v) is 8.65. The minimum atomic E-state index is -3.19. The van der Waals surface area contributed by atoms with Gasteiger partial charge in [0.15, 0.2) is 0 Å². The molecule has 0 saturated heterocycles. The fraction of sp³-hybridized carbons (Fsp3) is 1.00. The Balaban J connectivity index is 4.19. The van der Waals surface area contributed by atoms with Crippen molar-refractivity contribution >= 4 is 19.7 Å². The quantitative estimate of drug-likeness (QED) is 0.609. The predicted octanol–water partition coefficient (Wildman–Crippen LogP) is -1.60. The van der Waals surface area contributed by atoms with E-state index in [1.54, 1.807) is 0 Å². The summed E-state index contributed by atoms with van der Waals surface area (Å²) in [7, 11) is -6.37. The predicted molar refractivity (Wildman–Crippen MR) is 47.4 cm³/mol. The molecule has 0 radical (unpaired) electrons. The summed E-state index contributed by atoms with van der Waals surface area (Å²) in [6, 6.07) is -0.824. The van der Waals surface area contributed by atoms with E-state index in [1.807, 2.05) is 0 Å². The van der Waals surface area contributed by atoms with E-state index in [0.717, 1.165) is 12.5 Å². The van der Waals surface area contributed by atoms with Crippen LogP contribution in [-0.4, -0.2) is 46.9 Å². The normalized spacial score (nSPS) is 13.7.